The molecule has 11 heteroatoms. The Hall–Kier alpha value is 0.177. The largest absolute Gasteiger partial charge is 0.500 e. The zero-order chi connectivity index (χ0) is 23.4. The van der Waals surface area contributed by atoms with E-state index in [1.54, 1.807) is 51.6 Å². The fourth-order valence-electron chi connectivity index (χ4n) is 3.28. The van der Waals surface area contributed by atoms with Gasteiger partial charge in [-0.3, -0.25) is 0 Å². The first-order valence-electron chi connectivity index (χ1n) is 10.9. The maximum atomic E-state index is 6.00. The summed E-state index contributed by atoms with van der Waals surface area (Å²) in [6.07, 6.45) is 1.98. The zero-order valence-electron chi connectivity index (χ0n) is 19.0. The van der Waals surface area contributed by atoms with Gasteiger partial charge < -0.3 is 13.3 Å². The van der Waals surface area contributed by atoms with Crippen LogP contribution in [-0.2, 0) is 19.7 Å². The second-order valence-corrected chi connectivity index (χ2v) is 18.2. The predicted octanol–water partition coefficient (Wildman–Crippen LogP) is 9.02. The SMILES string of the molecule is CCO[Si](CCCc1ccccc1SSSSSc1nc2ccccc2s1)(OCC)OCC. The van der Waals surface area contributed by atoms with Gasteiger partial charge in [0.2, 0.25) is 0 Å². The lowest BCUT2D eigenvalue weighted by Gasteiger charge is -2.28. The standard InChI is InChI=1S/C22H29NO3S6Si/c1-4-24-33(25-5-2,26-6-3)17-11-13-18-12-7-9-15-20(18)28-30-32-31-29-22-23-19-14-8-10-16-21(19)27-22/h7-10,12,14-16H,4-6,11,13,17H2,1-3H3. The average molecular weight is 576 g/mol. The van der Waals surface area contributed by atoms with E-state index in [0.29, 0.717) is 19.8 Å². The Balaban J connectivity index is 1.45. The number of fused-ring (bicyclic) bond motifs is 1. The van der Waals surface area contributed by atoms with Crippen molar-refractivity contribution in [2.45, 2.75) is 48.9 Å². The van der Waals surface area contributed by atoms with Gasteiger partial charge in [0.15, 0.2) is 4.34 Å². The lowest BCUT2D eigenvalue weighted by molar-refractivity contribution is 0.0708. The number of para-hydroxylation sites is 1. The molecule has 4 nitrogen and oxygen atoms in total. The Morgan fingerprint density at radius 2 is 1.48 bits per heavy atom. The fraction of sp³-hybridized carbons (Fsp3) is 0.409. The van der Waals surface area contributed by atoms with E-state index in [0.717, 1.165) is 28.7 Å². The van der Waals surface area contributed by atoms with Crippen molar-refractivity contribution in [3.8, 4) is 0 Å². The van der Waals surface area contributed by atoms with E-state index in [1.807, 2.05) is 37.6 Å². The van der Waals surface area contributed by atoms with E-state index in [9.17, 15) is 0 Å². The molecule has 1 aromatic heterocycles. The Morgan fingerprint density at radius 3 is 2.21 bits per heavy atom. The molecule has 1 heterocycles. The average Bonchev–Trinajstić information content (AvgIpc) is 3.23. The first-order chi connectivity index (χ1) is 16.2. The Kier molecular flexibility index (Phi) is 12.9. The molecule has 33 heavy (non-hydrogen) atoms. The van der Waals surface area contributed by atoms with E-state index in [1.165, 1.54) is 15.2 Å². The molecule has 0 aliphatic carbocycles. The number of thiazole rings is 1. The molecule has 3 rings (SSSR count). The molecule has 0 atom stereocenters. The third-order valence-electron chi connectivity index (χ3n) is 4.55. The van der Waals surface area contributed by atoms with Crippen molar-refractivity contribution in [3.05, 3.63) is 54.1 Å². The highest BCUT2D eigenvalue weighted by molar-refractivity contribution is 9.35. The van der Waals surface area contributed by atoms with Crippen LogP contribution in [0.5, 0.6) is 0 Å². The third kappa shape index (κ3) is 8.96. The van der Waals surface area contributed by atoms with E-state index >= 15 is 0 Å². The highest BCUT2D eigenvalue weighted by Gasteiger charge is 2.39. The maximum Gasteiger partial charge on any atom is 0.500 e. The van der Waals surface area contributed by atoms with Crippen LogP contribution in [-0.4, -0.2) is 33.6 Å². The molecule has 180 valence electrons. The molecule has 0 fully saturated rings. The second-order valence-electron chi connectivity index (χ2n) is 6.76. The lowest BCUT2D eigenvalue weighted by Crippen LogP contribution is -2.46. The van der Waals surface area contributed by atoms with Gasteiger partial charge >= 0.3 is 8.80 Å². The van der Waals surface area contributed by atoms with Gasteiger partial charge in [-0.25, -0.2) is 4.98 Å². The Labute approximate surface area is 221 Å². The van der Waals surface area contributed by atoms with Crippen LogP contribution in [0.4, 0.5) is 0 Å². The molecular weight excluding hydrogens is 547 g/mol. The summed E-state index contributed by atoms with van der Waals surface area (Å²) in [5.74, 6) is 0. The van der Waals surface area contributed by atoms with Gasteiger partial charge in [-0.15, -0.1) is 11.3 Å². The summed E-state index contributed by atoms with van der Waals surface area (Å²) >= 11 is 1.75. The number of aryl methyl sites for hydroxylation is 1. The van der Waals surface area contributed by atoms with E-state index in [-0.39, 0.29) is 0 Å². The molecule has 0 aliphatic heterocycles. The maximum absolute atomic E-state index is 6.00. The number of rotatable bonds is 16. The van der Waals surface area contributed by atoms with Crippen LogP contribution >= 0.6 is 62.4 Å². The summed E-state index contributed by atoms with van der Waals surface area (Å²) < 4.78 is 20.3. The number of aromatic nitrogens is 1. The molecule has 0 aliphatic rings. The molecular formula is C22H29NO3S6Si. The molecule has 0 radical (unpaired) electrons. The molecule has 0 saturated heterocycles. The van der Waals surface area contributed by atoms with Gasteiger partial charge in [0, 0.05) is 30.8 Å². The molecule has 0 N–H and O–H groups in total. The number of hydrogen-bond acceptors (Lipinski definition) is 10. The van der Waals surface area contributed by atoms with Crippen molar-refractivity contribution < 1.29 is 13.3 Å². The van der Waals surface area contributed by atoms with Gasteiger partial charge in [0.25, 0.3) is 0 Å². The molecule has 0 amide bonds. The third-order valence-corrected chi connectivity index (χ3v) is 17.4. The molecule has 2 aromatic carbocycles. The first kappa shape index (κ1) is 27.8. The summed E-state index contributed by atoms with van der Waals surface area (Å²) in [7, 11) is 6.32. The summed E-state index contributed by atoms with van der Waals surface area (Å²) in [4.78, 5) is 6.00. The van der Waals surface area contributed by atoms with Gasteiger partial charge in [0.1, 0.15) is 0 Å². The van der Waals surface area contributed by atoms with Crippen molar-refractivity contribution in [1.82, 2.24) is 4.98 Å². The van der Waals surface area contributed by atoms with Crippen molar-refractivity contribution in [2.24, 2.45) is 0 Å². The van der Waals surface area contributed by atoms with Crippen LogP contribution in [0.1, 0.15) is 32.8 Å². The van der Waals surface area contributed by atoms with Gasteiger partial charge in [0.05, 0.1) is 10.2 Å². The Morgan fingerprint density at radius 1 is 0.818 bits per heavy atom. The second kappa shape index (κ2) is 15.3. The van der Waals surface area contributed by atoms with Gasteiger partial charge in [-0.2, -0.15) is 0 Å². The number of nitrogens with zero attached hydrogens (tertiary/aromatic N) is 1. The monoisotopic (exact) mass is 575 g/mol. The van der Waals surface area contributed by atoms with Crippen molar-refractivity contribution in [3.63, 3.8) is 0 Å². The predicted molar refractivity (Wildman–Crippen MR) is 154 cm³/mol. The van der Waals surface area contributed by atoms with Crippen LogP contribution in [0.25, 0.3) is 10.2 Å². The summed E-state index contributed by atoms with van der Waals surface area (Å²) in [6.45, 7) is 7.90. The zero-order valence-corrected chi connectivity index (χ0v) is 24.9. The smallest absolute Gasteiger partial charge is 0.374 e. The van der Waals surface area contributed by atoms with Crippen LogP contribution in [0.2, 0.25) is 6.04 Å². The molecule has 0 bridgehead atoms. The van der Waals surface area contributed by atoms with Crippen LogP contribution in [0.15, 0.2) is 57.8 Å². The van der Waals surface area contributed by atoms with Crippen LogP contribution in [0, 0.1) is 0 Å². The molecule has 3 aromatic rings. The highest BCUT2D eigenvalue weighted by atomic mass is 33.8. The molecule has 0 spiro atoms. The summed E-state index contributed by atoms with van der Waals surface area (Å²) in [5, 5.41) is 0. The van der Waals surface area contributed by atoms with E-state index in [4.69, 9.17) is 13.3 Å². The molecule has 0 unspecified atom stereocenters. The van der Waals surface area contributed by atoms with Crippen molar-refractivity contribution in [2.75, 3.05) is 19.8 Å². The van der Waals surface area contributed by atoms with Crippen molar-refractivity contribution >= 4 is 81.4 Å². The van der Waals surface area contributed by atoms with Gasteiger partial charge in [-0.1, -0.05) is 30.3 Å². The minimum Gasteiger partial charge on any atom is -0.374 e. The molecule has 0 saturated carbocycles. The van der Waals surface area contributed by atoms with E-state index in [2.05, 4.69) is 47.4 Å². The quantitative estimate of drug-likeness (QED) is 0.0945. The fourth-order valence-corrected chi connectivity index (χ4v) is 15.9. The summed E-state index contributed by atoms with van der Waals surface area (Å²) in [6, 6.07) is 17.8. The summed E-state index contributed by atoms with van der Waals surface area (Å²) in [5.41, 5.74) is 2.45. The lowest BCUT2D eigenvalue weighted by atomic mass is 10.1. The minimum absolute atomic E-state index is 0.624. The minimum atomic E-state index is -2.57. The van der Waals surface area contributed by atoms with Crippen LogP contribution in [0.3, 0.4) is 0 Å². The van der Waals surface area contributed by atoms with Crippen LogP contribution < -0.4 is 0 Å². The van der Waals surface area contributed by atoms with Gasteiger partial charge in [-0.05, 0) is 108 Å². The normalized spacial score (nSPS) is 12.0. The first-order valence-corrected chi connectivity index (χ1v) is 19.8. The Bertz CT molecular complexity index is 926. The van der Waals surface area contributed by atoms with Crippen molar-refractivity contribution in [1.29, 1.82) is 0 Å². The van der Waals surface area contributed by atoms with E-state index < -0.39 is 8.80 Å². The number of hydrogen-bond donors (Lipinski definition) is 0. The topological polar surface area (TPSA) is 40.6 Å². The highest BCUT2D eigenvalue weighted by Crippen LogP contribution is 2.54. The number of benzene rings is 2.